The zero-order chi connectivity index (χ0) is 21.5. The maximum absolute atomic E-state index is 13.5. The van der Waals surface area contributed by atoms with Crippen LogP contribution >= 0.6 is 22.7 Å². The lowest BCUT2D eigenvalue weighted by atomic mass is 10.1. The summed E-state index contributed by atoms with van der Waals surface area (Å²) in [4.78, 5) is 21.8. The molecular formula is C24H22N4O2S2. The van der Waals surface area contributed by atoms with Crippen LogP contribution in [0.4, 0.5) is 0 Å². The lowest BCUT2D eigenvalue weighted by Crippen LogP contribution is -2.37. The highest BCUT2D eigenvalue weighted by Gasteiger charge is 2.37. The molecule has 6 nitrogen and oxygen atoms in total. The number of hydrogen-bond acceptors (Lipinski definition) is 7. The van der Waals surface area contributed by atoms with Gasteiger partial charge in [0.05, 0.1) is 35.1 Å². The predicted molar refractivity (Wildman–Crippen MR) is 127 cm³/mol. The van der Waals surface area contributed by atoms with E-state index in [0.29, 0.717) is 13.0 Å². The van der Waals surface area contributed by atoms with Gasteiger partial charge >= 0.3 is 0 Å². The summed E-state index contributed by atoms with van der Waals surface area (Å²) in [5.41, 5.74) is 1.86. The van der Waals surface area contributed by atoms with Crippen LogP contribution in [-0.4, -0.2) is 39.6 Å². The molecule has 1 amide bonds. The Balaban J connectivity index is 1.25. The van der Waals surface area contributed by atoms with Gasteiger partial charge in [-0.3, -0.25) is 9.69 Å². The van der Waals surface area contributed by atoms with Crippen molar-refractivity contribution in [3.05, 3.63) is 75.8 Å². The van der Waals surface area contributed by atoms with E-state index in [9.17, 15) is 4.79 Å². The molecule has 4 aromatic rings. The van der Waals surface area contributed by atoms with E-state index in [-0.39, 0.29) is 18.0 Å². The first-order valence-electron chi connectivity index (χ1n) is 10.8. The molecule has 0 aliphatic carbocycles. The number of para-hydroxylation sites is 1. The number of rotatable bonds is 5. The molecular weight excluding hydrogens is 440 g/mol. The maximum Gasteiger partial charge on any atom is 0.257 e. The molecule has 0 spiro atoms. The number of nitrogens with zero attached hydrogens (tertiary/aromatic N) is 4. The Hall–Kier alpha value is -2.81. The van der Waals surface area contributed by atoms with Crippen molar-refractivity contribution in [3.63, 3.8) is 0 Å². The maximum atomic E-state index is 13.5. The first-order chi connectivity index (χ1) is 15.8. The monoisotopic (exact) mass is 462 g/mol. The third-order valence-electron chi connectivity index (χ3n) is 6.14. The number of thiophene rings is 1. The third-order valence-corrected chi connectivity index (χ3v) is 8.25. The zero-order valence-corrected chi connectivity index (χ0v) is 19.0. The minimum Gasteiger partial charge on any atom is -0.463 e. The molecule has 1 fully saturated rings. The molecule has 0 bridgehead atoms. The minimum atomic E-state index is -0.0777. The molecule has 6 rings (SSSR count). The molecule has 162 valence electrons. The molecule has 2 aliphatic heterocycles. The van der Waals surface area contributed by atoms with Crippen LogP contribution in [0.3, 0.4) is 0 Å². The van der Waals surface area contributed by atoms with E-state index in [1.54, 1.807) is 33.9 Å². The minimum absolute atomic E-state index is 0.0259. The predicted octanol–water partition coefficient (Wildman–Crippen LogP) is 5.47. The number of benzene rings is 1. The van der Waals surface area contributed by atoms with E-state index in [4.69, 9.17) is 14.5 Å². The Morgan fingerprint density at radius 2 is 2.06 bits per heavy atom. The number of hydrazone groups is 1. The summed E-state index contributed by atoms with van der Waals surface area (Å²) in [5, 5.41) is 9.55. The summed E-state index contributed by atoms with van der Waals surface area (Å²) >= 11 is 3.40. The normalized spacial score (nSPS) is 21.5. The van der Waals surface area contributed by atoms with Crippen molar-refractivity contribution >= 4 is 44.5 Å². The van der Waals surface area contributed by atoms with E-state index in [1.165, 1.54) is 4.70 Å². The fourth-order valence-corrected chi connectivity index (χ4v) is 6.56. The van der Waals surface area contributed by atoms with Crippen LogP contribution in [0, 0.1) is 0 Å². The van der Waals surface area contributed by atoms with Crippen LogP contribution in [0.25, 0.3) is 10.2 Å². The van der Waals surface area contributed by atoms with Gasteiger partial charge in [-0.1, -0.05) is 18.2 Å². The number of aromatic nitrogens is 1. The van der Waals surface area contributed by atoms with Crippen LogP contribution in [0.2, 0.25) is 0 Å². The van der Waals surface area contributed by atoms with Gasteiger partial charge in [-0.05, 0) is 55.1 Å². The quantitative estimate of drug-likeness (QED) is 0.395. The summed E-state index contributed by atoms with van der Waals surface area (Å²) in [7, 11) is 0. The van der Waals surface area contributed by atoms with Gasteiger partial charge in [0.2, 0.25) is 0 Å². The zero-order valence-electron chi connectivity index (χ0n) is 17.4. The van der Waals surface area contributed by atoms with E-state index >= 15 is 0 Å². The largest absolute Gasteiger partial charge is 0.463 e. The molecule has 32 heavy (non-hydrogen) atoms. The van der Waals surface area contributed by atoms with Crippen LogP contribution in [0.15, 0.2) is 69.7 Å². The Morgan fingerprint density at radius 1 is 1.12 bits per heavy atom. The second-order valence-electron chi connectivity index (χ2n) is 8.15. The molecule has 1 aromatic carbocycles. The van der Waals surface area contributed by atoms with E-state index in [1.807, 2.05) is 35.7 Å². The average molecular weight is 463 g/mol. The van der Waals surface area contributed by atoms with Crippen molar-refractivity contribution in [3.8, 4) is 0 Å². The van der Waals surface area contributed by atoms with Gasteiger partial charge in [-0.2, -0.15) is 5.10 Å². The van der Waals surface area contributed by atoms with Crippen molar-refractivity contribution in [1.29, 1.82) is 0 Å². The van der Waals surface area contributed by atoms with Crippen molar-refractivity contribution in [2.45, 2.75) is 31.3 Å². The van der Waals surface area contributed by atoms with Crippen molar-refractivity contribution in [1.82, 2.24) is 14.9 Å². The van der Waals surface area contributed by atoms with E-state index in [0.717, 1.165) is 46.3 Å². The lowest BCUT2D eigenvalue weighted by Gasteiger charge is -2.26. The molecule has 0 N–H and O–H groups in total. The summed E-state index contributed by atoms with van der Waals surface area (Å²) in [6.07, 6.45) is 4.42. The van der Waals surface area contributed by atoms with Crippen molar-refractivity contribution < 1.29 is 9.21 Å². The molecule has 8 heteroatoms. The Morgan fingerprint density at radius 3 is 2.88 bits per heavy atom. The highest BCUT2D eigenvalue weighted by molar-refractivity contribution is 7.18. The molecule has 0 unspecified atom stereocenters. The first-order valence-corrected chi connectivity index (χ1v) is 12.5. The van der Waals surface area contributed by atoms with Gasteiger partial charge in [0, 0.05) is 11.3 Å². The second-order valence-corrected chi connectivity index (χ2v) is 10.2. The lowest BCUT2D eigenvalue weighted by molar-refractivity contribution is -0.134. The summed E-state index contributed by atoms with van der Waals surface area (Å²) in [6.45, 7) is 1.25. The van der Waals surface area contributed by atoms with E-state index in [2.05, 4.69) is 23.1 Å². The number of likely N-dealkylation sites (tertiary alicyclic amines) is 1. The van der Waals surface area contributed by atoms with Gasteiger partial charge in [0.1, 0.15) is 16.5 Å². The number of carbonyl (C=O) groups excluding carboxylic acids is 1. The fourth-order valence-electron chi connectivity index (χ4n) is 4.61. The number of amides is 1. The number of thiazole rings is 1. The molecule has 0 radical (unpaired) electrons. The summed E-state index contributed by atoms with van der Waals surface area (Å²) in [5.74, 6) is 0.758. The SMILES string of the molecule is O=C(CN1CCC[C@H]1c1nc2ccccc2s1)N1N=C(c2ccco2)C[C@H]1c1cccs1. The number of furan rings is 1. The van der Waals surface area contributed by atoms with Crippen LogP contribution in [0.1, 0.15) is 47.0 Å². The highest BCUT2D eigenvalue weighted by Crippen LogP contribution is 2.38. The number of hydrogen-bond donors (Lipinski definition) is 0. The second kappa shape index (κ2) is 8.27. The van der Waals surface area contributed by atoms with Crippen molar-refractivity contribution in [2.75, 3.05) is 13.1 Å². The average Bonchev–Trinajstić information content (AvgIpc) is 3.61. The Bertz CT molecular complexity index is 1230. The molecule has 5 heterocycles. The smallest absolute Gasteiger partial charge is 0.257 e. The van der Waals surface area contributed by atoms with Gasteiger partial charge < -0.3 is 4.42 Å². The molecule has 1 saturated heterocycles. The fraction of sp³-hybridized carbons (Fsp3) is 0.292. The van der Waals surface area contributed by atoms with Crippen LogP contribution < -0.4 is 0 Å². The van der Waals surface area contributed by atoms with Gasteiger partial charge in [0.15, 0.2) is 0 Å². The topological polar surface area (TPSA) is 61.9 Å². The van der Waals surface area contributed by atoms with Gasteiger partial charge in [-0.15, -0.1) is 22.7 Å². The number of fused-ring (bicyclic) bond motifs is 1. The molecule has 2 aliphatic rings. The molecule has 3 aromatic heterocycles. The van der Waals surface area contributed by atoms with Crippen LogP contribution in [0.5, 0.6) is 0 Å². The third kappa shape index (κ3) is 3.58. The van der Waals surface area contributed by atoms with Gasteiger partial charge in [-0.25, -0.2) is 9.99 Å². The Labute approximate surface area is 193 Å². The molecule has 0 saturated carbocycles. The highest BCUT2D eigenvalue weighted by atomic mass is 32.1. The standard InChI is InChI=1S/C24H22N4O2S2/c29-23(15-27-11-3-7-18(27)24-25-16-6-1-2-9-21(16)32-24)28-19(22-10-5-13-31-22)14-17(26-28)20-8-4-12-30-20/h1-2,4-6,8-10,12-13,18-19H,3,7,11,14-15H2/t18-,19-/m0/s1. The van der Waals surface area contributed by atoms with Crippen molar-refractivity contribution in [2.24, 2.45) is 5.10 Å². The summed E-state index contributed by atoms with van der Waals surface area (Å²) in [6, 6.07) is 16.2. The van der Waals surface area contributed by atoms with Crippen LogP contribution in [-0.2, 0) is 4.79 Å². The van der Waals surface area contributed by atoms with E-state index < -0.39 is 0 Å². The summed E-state index contributed by atoms with van der Waals surface area (Å²) < 4.78 is 6.77. The Kier molecular flexibility index (Phi) is 5.13. The first kappa shape index (κ1) is 19.8. The molecule has 2 atom stereocenters. The van der Waals surface area contributed by atoms with Gasteiger partial charge in [0.25, 0.3) is 5.91 Å². The number of carbonyl (C=O) groups is 1.